The van der Waals surface area contributed by atoms with Crippen LogP contribution in [0.25, 0.3) is 10.9 Å². The maximum Gasteiger partial charge on any atom is 0.308 e. The Bertz CT molecular complexity index is 1210. The predicted molar refractivity (Wildman–Crippen MR) is 142 cm³/mol. The Labute approximate surface area is 221 Å². The summed E-state index contributed by atoms with van der Waals surface area (Å²) in [5.41, 5.74) is 2.29. The summed E-state index contributed by atoms with van der Waals surface area (Å²) in [5.74, 6) is -0.714. The van der Waals surface area contributed by atoms with E-state index in [1.165, 1.54) is 0 Å². The maximum atomic E-state index is 15.4. The molecule has 8 heteroatoms. The molecule has 1 aliphatic heterocycles. The van der Waals surface area contributed by atoms with Crippen LogP contribution in [0, 0.1) is 11.8 Å². The number of pyridine rings is 1. The van der Waals surface area contributed by atoms with Crippen molar-refractivity contribution in [2.75, 3.05) is 26.7 Å². The van der Waals surface area contributed by atoms with E-state index in [-0.39, 0.29) is 12.3 Å². The lowest BCUT2D eigenvalue weighted by molar-refractivity contribution is -0.146. The highest BCUT2D eigenvalue weighted by molar-refractivity contribution is 6.42. The number of carbonyl (C=O) groups is 1. The van der Waals surface area contributed by atoms with Crippen molar-refractivity contribution >= 4 is 40.1 Å². The third kappa shape index (κ3) is 6.28. The van der Waals surface area contributed by atoms with Crippen molar-refractivity contribution in [3.8, 4) is 5.75 Å². The van der Waals surface area contributed by atoms with E-state index < -0.39 is 18.1 Å². The van der Waals surface area contributed by atoms with Crippen LogP contribution in [0.5, 0.6) is 5.75 Å². The number of piperidine rings is 1. The summed E-state index contributed by atoms with van der Waals surface area (Å²) in [6.45, 7) is 2.08. The number of hydrogen-bond acceptors (Lipinski definition) is 4. The molecule has 0 amide bonds. The van der Waals surface area contributed by atoms with Gasteiger partial charge in [0.25, 0.3) is 0 Å². The van der Waals surface area contributed by atoms with Crippen LogP contribution in [-0.4, -0.2) is 47.7 Å². The van der Waals surface area contributed by atoms with Crippen molar-refractivity contribution in [1.29, 1.82) is 0 Å². The molecule has 0 spiro atoms. The molecule has 192 valence electrons. The van der Waals surface area contributed by atoms with Crippen LogP contribution in [-0.2, 0) is 11.2 Å². The minimum absolute atomic E-state index is 0.0537. The minimum atomic E-state index is -1.20. The van der Waals surface area contributed by atoms with Crippen molar-refractivity contribution < 1.29 is 19.0 Å². The van der Waals surface area contributed by atoms with Gasteiger partial charge in [-0.2, -0.15) is 0 Å². The molecule has 0 bridgehead atoms. The number of ether oxygens (including phenoxy) is 1. The highest BCUT2D eigenvalue weighted by Gasteiger charge is 2.34. The fourth-order valence-corrected chi connectivity index (χ4v) is 5.61. The molecule has 0 radical (unpaired) electrons. The van der Waals surface area contributed by atoms with E-state index in [2.05, 4.69) is 9.88 Å². The van der Waals surface area contributed by atoms with Gasteiger partial charge in [0, 0.05) is 18.1 Å². The van der Waals surface area contributed by atoms with Crippen LogP contribution in [0.15, 0.2) is 48.7 Å². The molecule has 1 aromatic heterocycles. The molecule has 2 heterocycles. The second kappa shape index (κ2) is 12.2. The molecule has 0 aliphatic carbocycles. The fraction of sp³-hybridized carbons (Fsp3) is 0.429. The molecule has 1 saturated heterocycles. The molecule has 3 atom stereocenters. The minimum Gasteiger partial charge on any atom is -0.497 e. The molecule has 1 aliphatic rings. The number of methoxy groups -OCH3 is 1. The Morgan fingerprint density at radius 1 is 1.28 bits per heavy atom. The topological polar surface area (TPSA) is 62.7 Å². The summed E-state index contributed by atoms with van der Waals surface area (Å²) in [6.07, 6.45) is 3.61. The highest BCUT2D eigenvalue weighted by Crippen LogP contribution is 2.35. The smallest absolute Gasteiger partial charge is 0.308 e. The van der Waals surface area contributed by atoms with Gasteiger partial charge in [0.15, 0.2) is 0 Å². The van der Waals surface area contributed by atoms with E-state index in [0.717, 1.165) is 43.3 Å². The molecular weight excluding hydrogens is 502 g/mol. The Morgan fingerprint density at radius 3 is 2.89 bits per heavy atom. The third-order valence-electron chi connectivity index (χ3n) is 7.22. The van der Waals surface area contributed by atoms with Gasteiger partial charge in [-0.25, -0.2) is 4.39 Å². The van der Waals surface area contributed by atoms with Crippen molar-refractivity contribution in [2.24, 2.45) is 11.8 Å². The molecular formula is C28H31Cl2FN2O3. The zero-order valence-electron chi connectivity index (χ0n) is 20.3. The lowest BCUT2D eigenvalue weighted by Crippen LogP contribution is -2.44. The molecule has 0 saturated carbocycles. The van der Waals surface area contributed by atoms with Gasteiger partial charge in [0.1, 0.15) is 11.9 Å². The number of benzene rings is 2. The van der Waals surface area contributed by atoms with Crippen molar-refractivity contribution in [1.82, 2.24) is 9.88 Å². The normalized spacial score (nSPS) is 19.3. The number of alkyl halides is 1. The van der Waals surface area contributed by atoms with Crippen LogP contribution in [0.1, 0.15) is 43.0 Å². The molecule has 2 aromatic carbocycles. The first kappa shape index (κ1) is 26.6. The number of aliphatic carboxylic acids is 1. The van der Waals surface area contributed by atoms with Crippen molar-refractivity contribution in [3.05, 3.63) is 69.8 Å². The number of rotatable bonds is 10. The average Bonchev–Trinajstić information content (AvgIpc) is 2.89. The van der Waals surface area contributed by atoms with Gasteiger partial charge in [-0.3, -0.25) is 9.78 Å². The van der Waals surface area contributed by atoms with E-state index in [1.807, 2.05) is 18.2 Å². The van der Waals surface area contributed by atoms with Gasteiger partial charge in [0.05, 0.1) is 28.6 Å². The van der Waals surface area contributed by atoms with Gasteiger partial charge < -0.3 is 14.7 Å². The number of aryl methyl sites for hydroxylation is 1. The molecule has 1 fully saturated rings. The zero-order valence-corrected chi connectivity index (χ0v) is 21.8. The van der Waals surface area contributed by atoms with Crippen molar-refractivity contribution in [3.63, 3.8) is 0 Å². The first-order chi connectivity index (χ1) is 17.4. The fourth-order valence-electron chi connectivity index (χ4n) is 5.19. The van der Waals surface area contributed by atoms with E-state index in [0.29, 0.717) is 39.8 Å². The van der Waals surface area contributed by atoms with Crippen LogP contribution in [0.2, 0.25) is 10.0 Å². The molecule has 3 aromatic rings. The van der Waals surface area contributed by atoms with Crippen LogP contribution < -0.4 is 4.74 Å². The molecule has 4 rings (SSSR count). The lowest BCUT2D eigenvalue weighted by atomic mass is 9.81. The van der Waals surface area contributed by atoms with E-state index in [1.54, 1.807) is 37.6 Å². The molecule has 5 nitrogen and oxygen atoms in total. The quantitative estimate of drug-likeness (QED) is 0.304. The van der Waals surface area contributed by atoms with Crippen LogP contribution in [0.3, 0.4) is 0 Å². The predicted octanol–water partition coefficient (Wildman–Crippen LogP) is 7.00. The average molecular weight is 533 g/mol. The first-order valence-electron chi connectivity index (χ1n) is 12.3. The summed E-state index contributed by atoms with van der Waals surface area (Å²) in [5, 5.41) is 11.8. The number of aromatic nitrogens is 1. The number of carboxylic acid groups (broad SMARTS) is 1. The maximum absolute atomic E-state index is 15.4. The largest absolute Gasteiger partial charge is 0.497 e. The lowest BCUT2D eigenvalue weighted by Gasteiger charge is -2.37. The third-order valence-corrected chi connectivity index (χ3v) is 8.08. The van der Waals surface area contributed by atoms with Crippen LogP contribution in [0.4, 0.5) is 4.39 Å². The van der Waals surface area contributed by atoms with Crippen molar-refractivity contribution in [2.45, 2.75) is 38.3 Å². The monoisotopic (exact) mass is 532 g/mol. The molecule has 0 unspecified atom stereocenters. The number of fused-ring (bicyclic) bond motifs is 1. The second-order valence-electron chi connectivity index (χ2n) is 9.44. The highest BCUT2D eigenvalue weighted by atomic mass is 35.5. The van der Waals surface area contributed by atoms with E-state index in [4.69, 9.17) is 27.9 Å². The summed E-state index contributed by atoms with van der Waals surface area (Å²) in [7, 11) is 1.58. The Morgan fingerprint density at radius 2 is 2.11 bits per heavy atom. The first-order valence-corrected chi connectivity index (χ1v) is 13.1. The van der Waals surface area contributed by atoms with Gasteiger partial charge in [0.2, 0.25) is 0 Å². The second-order valence-corrected chi connectivity index (χ2v) is 10.2. The summed E-state index contributed by atoms with van der Waals surface area (Å²) in [4.78, 5) is 18.6. The van der Waals surface area contributed by atoms with Gasteiger partial charge in [-0.05, 0) is 92.6 Å². The van der Waals surface area contributed by atoms with Crippen LogP contribution >= 0.6 is 23.2 Å². The summed E-state index contributed by atoms with van der Waals surface area (Å²) < 4.78 is 20.7. The number of nitrogens with zero attached hydrogens (tertiary/aromatic N) is 2. The molecule has 36 heavy (non-hydrogen) atoms. The Hall–Kier alpha value is -2.41. The summed E-state index contributed by atoms with van der Waals surface area (Å²) >= 11 is 12.4. The van der Waals surface area contributed by atoms with Gasteiger partial charge in [-0.1, -0.05) is 35.3 Å². The summed E-state index contributed by atoms with van der Waals surface area (Å²) in [6, 6.07) is 12.8. The Kier molecular flexibility index (Phi) is 9.04. The number of halogens is 3. The standard InChI is InChI=1S/C28H31Cl2FN2O3/c1-36-20-8-10-26-22(16-20)21(11-13-32-26)25(31)9-7-18-12-15-33(17-23(18)28(34)35)14-3-5-19-4-2-6-24(29)27(19)30/h2,4,6,8,10-11,13,16,18,23,25H,3,5,7,9,12,14-15,17H2,1H3,(H,34,35)/t18-,23+,25-/m1/s1. The number of carboxylic acids is 1. The van der Waals surface area contributed by atoms with Gasteiger partial charge in [-0.15, -0.1) is 0 Å². The Balaban J connectivity index is 1.33. The van der Waals surface area contributed by atoms with E-state index in [9.17, 15) is 9.90 Å². The van der Waals surface area contributed by atoms with E-state index >= 15 is 4.39 Å². The SMILES string of the molecule is COc1ccc2nccc([C@H](F)CC[C@@H]3CCN(CCCc4cccc(Cl)c4Cl)C[C@@H]3C(=O)O)c2c1. The van der Waals surface area contributed by atoms with Gasteiger partial charge >= 0.3 is 5.97 Å². The number of hydrogen-bond donors (Lipinski definition) is 1. The number of likely N-dealkylation sites (tertiary alicyclic amines) is 1. The zero-order chi connectivity index (χ0) is 25.7. The molecule has 1 N–H and O–H groups in total.